The van der Waals surface area contributed by atoms with Crippen LogP contribution in [0, 0.1) is 27.7 Å². The zero-order valence-electron chi connectivity index (χ0n) is 21.7. The molecule has 198 valence electrons. The van der Waals surface area contributed by atoms with Crippen LogP contribution in [-0.2, 0) is 0 Å². The molecule has 4 aromatic rings. The number of aromatic amines is 2. The Morgan fingerprint density at radius 3 is 1.67 bits per heavy atom. The van der Waals surface area contributed by atoms with Crippen molar-refractivity contribution in [1.82, 2.24) is 19.1 Å². The summed E-state index contributed by atoms with van der Waals surface area (Å²) in [5, 5.41) is 21.5. The van der Waals surface area contributed by atoms with Gasteiger partial charge in [-0.1, -0.05) is 41.5 Å². The fourth-order valence-corrected chi connectivity index (χ4v) is 4.25. The molecular formula is C29H26N4O6. The van der Waals surface area contributed by atoms with Crippen LogP contribution in [0.1, 0.15) is 33.4 Å². The van der Waals surface area contributed by atoms with Gasteiger partial charge in [0.1, 0.15) is 11.1 Å². The second kappa shape index (κ2) is 10.6. The van der Waals surface area contributed by atoms with E-state index >= 15 is 0 Å². The highest BCUT2D eigenvalue weighted by Crippen LogP contribution is 2.22. The Morgan fingerprint density at radius 1 is 0.718 bits per heavy atom. The van der Waals surface area contributed by atoms with E-state index in [0.29, 0.717) is 11.4 Å². The summed E-state index contributed by atoms with van der Waals surface area (Å²) in [6.07, 6.45) is 5.15. The molecule has 0 aliphatic heterocycles. The molecule has 10 nitrogen and oxygen atoms in total. The molecule has 2 heterocycles. The van der Waals surface area contributed by atoms with Gasteiger partial charge in [0, 0.05) is 0 Å². The van der Waals surface area contributed by atoms with Crippen LogP contribution >= 0.6 is 0 Å². The smallest absolute Gasteiger partial charge is 0.335 e. The second-order valence-corrected chi connectivity index (χ2v) is 9.08. The highest BCUT2D eigenvalue weighted by atomic mass is 16.3. The molecule has 0 fully saturated rings. The van der Waals surface area contributed by atoms with Crippen LogP contribution < -0.4 is 22.5 Å². The second-order valence-electron chi connectivity index (χ2n) is 9.08. The zero-order chi connectivity index (χ0) is 28.4. The number of benzene rings is 2. The molecule has 0 atom stereocenters. The van der Waals surface area contributed by atoms with Crippen molar-refractivity contribution >= 4 is 12.2 Å². The first kappa shape index (κ1) is 26.7. The maximum atomic E-state index is 12.5. The molecule has 0 aliphatic rings. The van der Waals surface area contributed by atoms with Gasteiger partial charge in [-0.2, -0.15) is 0 Å². The number of nitrogens with zero attached hydrogens (tertiary/aromatic N) is 2. The van der Waals surface area contributed by atoms with E-state index in [9.17, 15) is 29.4 Å². The van der Waals surface area contributed by atoms with Gasteiger partial charge in [-0.15, -0.1) is 5.73 Å². The van der Waals surface area contributed by atoms with Crippen LogP contribution in [0.5, 0.6) is 11.8 Å². The Bertz CT molecular complexity index is 1950. The first-order chi connectivity index (χ1) is 18.5. The summed E-state index contributed by atoms with van der Waals surface area (Å²) in [5.74, 6) is -1.10. The standard InChI is InChI=1S/C29H26N4O6/c1-16-10-12-22(18(3)14-16)32-26(36)20(24(34)30-28(32)38)8-6-5-7-9-21-25(35)31-29(39)33(27(21)37)23-13-11-17(2)15-19(23)4/h5-6,8-15,36-37H,1-4H3,(H,30,34,38)(H,31,35,39). The molecule has 2 aromatic heterocycles. The lowest BCUT2D eigenvalue weighted by atomic mass is 10.1. The molecule has 0 bridgehead atoms. The average molecular weight is 527 g/mol. The number of nitrogens with one attached hydrogen (secondary N) is 2. The number of aromatic hydroxyl groups is 2. The SMILES string of the molecule is Cc1ccc(-n2c(O)c(C=C=CC=Cc3c(O)n(-c4ccc(C)cc4C)c(=O)[nH]c3=O)c(=O)[nH]c2=O)c(C)c1. The summed E-state index contributed by atoms with van der Waals surface area (Å²) < 4.78 is 2.00. The third kappa shape index (κ3) is 5.22. The quantitative estimate of drug-likeness (QED) is 0.232. The molecule has 39 heavy (non-hydrogen) atoms. The van der Waals surface area contributed by atoms with Crippen molar-refractivity contribution in [3.05, 3.63) is 129 Å². The summed E-state index contributed by atoms with van der Waals surface area (Å²) in [7, 11) is 0. The number of aromatic nitrogens is 4. The molecule has 0 saturated carbocycles. The van der Waals surface area contributed by atoms with Crippen LogP contribution in [-0.4, -0.2) is 29.3 Å². The van der Waals surface area contributed by atoms with Crippen molar-refractivity contribution in [2.24, 2.45) is 0 Å². The summed E-state index contributed by atoms with van der Waals surface area (Å²) in [5.41, 5.74) is 3.36. The highest BCUT2D eigenvalue weighted by Gasteiger charge is 2.16. The number of aryl methyl sites for hydroxylation is 4. The summed E-state index contributed by atoms with van der Waals surface area (Å²) in [6.45, 7) is 7.35. The molecule has 2 aromatic carbocycles. The molecule has 0 unspecified atom stereocenters. The summed E-state index contributed by atoms with van der Waals surface area (Å²) in [6, 6.07) is 10.6. The normalized spacial score (nSPS) is 11.0. The van der Waals surface area contributed by atoms with Crippen LogP contribution in [0.4, 0.5) is 0 Å². The van der Waals surface area contributed by atoms with E-state index in [-0.39, 0.29) is 11.1 Å². The van der Waals surface area contributed by atoms with E-state index in [4.69, 9.17) is 0 Å². The maximum absolute atomic E-state index is 12.5. The van der Waals surface area contributed by atoms with Gasteiger partial charge in [-0.3, -0.25) is 19.6 Å². The van der Waals surface area contributed by atoms with E-state index in [2.05, 4.69) is 15.7 Å². The predicted molar refractivity (Wildman–Crippen MR) is 149 cm³/mol. The maximum Gasteiger partial charge on any atom is 0.335 e. The van der Waals surface area contributed by atoms with Gasteiger partial charge in [0.25, 0.3) is 11.1 Å². The Hall–Kier alpha value is -5.34. The van der Waals surface area contributed by atoms with Gasteiger partial charge in [0.2, 0.25) is 11.8 Å². The van der Waals surface area contributed by atoms with Crippen molar-refractivity contribution < 1.29 is 10.2 Å². The van der Waals surface area contributed by atoms with Gasteiger partial charge in [0.05, 0.1) is 11.4 Å². The topological polar surface area (TPSA) is 150 Å². The monoisotopic (exact) mass is 526 g/mol. The average Bonchev–Trinajstić information content (AvgIpc) is 2.84. The Balaban J connectivity index is 1.72. The first-order valence-corrected chi connectivity index (χ1v) is 11.9. The number of H-pyrrole nitrogens is 2. The van der Waals surface area contributed by atoms with Crippen molar-refractivity contribution in [3.63, 3.8) is 0 Å². The lowest BCUT2D eigenvalue weighted by Crippen LogP contribution is -2.30. The Morgan fingerprint density at radius 2 is 1.18 bits per heavy atom. The van der Waals surface area contributed by atoms with E-state index in [1.165, 1.54) is 24.3 Å². The van der Waals surface area contributed by atoms with Crippen LogP contribution in [0.2, 0.25) is 0 Å². The van der Waals surface area contributed by atoms with Crippen molar-refractivity contribution in [2.45, 2.75) is 27.7 Å². The largest absolute Gasteiger partial charge is 0.494 e. The number of hydrogen-bond donors (Lipinski definition) is 4. The summed E-state index contributed by atoms with van der Waals surface area (Å²) in [4.78, 5) is 54.0. The third-order valence-electron chi connectivity index (χ3n) is 6.11. The van der Waals surface area contributed by atoms with E-state index in [1.54, 1.807) is 38.1 Å². The van der Waals surface area contributed by atoms with E-state index < -0.39 is 34.3 Å². The van der Waals surface area contributed by atoms with Gasteiger partial charge in [0.15, 0.2) is 0 Å². The van der Waals surface area contributed by atoms with Crippen molar-refractivity contribution in [3.8, 4) is 23.1 Å². The molecule has 10 heteroatoms. The van der Waals surface area contributed by atoms with E-state index in [0.717, 1.165) is 31.4 Å². The lowest BCUT2D eigenvalue weighted by Gasteiger charge is -2.12. The minimum atomic E-state index is -0.807. The molecule has 0 amide bonds. The van der Waals surface area contributed by atoms with Crippen LogP contribution in [0.15, 0.2) is 73.5 Å². The summed E-state index contributed by atoms with van der Waals surface area (Å²) >= 11 is 0. The fraction of sp³-hybridized carbons (Fsp3) is 0.138. The van der Waals surface area contributed by atoms with Crippen LogP contribution in [0.3, 0.4) is 0 Å². The van der Waals surface area contributed by atoms with Gasteiger partial charge < -0.3 is 10.2 Å². The Kier molecular flexibility index (Phi) is 7.24. The van der Waals surface area contributed by atoms with Gasteiger partial charge >= 0.3 is 11.4 Å². The molecule has 4 N–H and O–H groups in total. The highest BCUT2D eigenvalue weighted by molar-refractivity contribution is 5.59. The minimum absolute atomic E-state index is 0.170. The number of rotatable bonds is 5. The van der Waals surface area contributed by atoms with Crippen molar-refractivity contribution in [1.29, 1.82) is 0 Å². The molecule has 0 radical (unpaired) electrons. The number of allylic oxidation sites excluding steroid dienone is 2. The lowest BCUT2D eigenvalue weighted by molar-refractivity contribution is 0.429. The molecule has 0 spiro atoms. The first-order valence-electron chi connectivity index (χ1n) is 11.9. The van der Waals surface area contributed by atoms with Crippen molar-refractivity contribution in [2.75, 3.05) is 0 Å². The van der Waals surface area contributed by atoms with Gasteiger partial charge in [-0.25, -0.2) is 18.7 Å². The molecule has 0 saturated heterocycles. The predicted octanol–water partition coefficient (Wildman–Crippen LogP) is 2.89. The minimum Gasteiger partial charge on any atom is -0.494 e. The third-order valence-corrected chi connectivity index (χ3v) is 6.11. The zero-order valence-corrected chi connectivity index (χ0v) is 21.7. The molecule has 4 rings (SSSR count). The fourth-order valence-electron chi connectivity index (χ4n) is 4.25. The van der Waals surface area contributed by atoms with Crippen LogP contribution in [0.25, 0.3) is 23.5 Å². The Labute approximate surface area is 221 Å². The van der Waals surface area contributed by atoms with E-state index in [1.807, 2.05) is 26.0 Å². The molecular weight excluding hydrogens is 500 g/mol. The molecule has 0 aliphatic carbocycles. The number of hydrogen-bond acceptors (Lipinski definition) is 6. The van der Waals surface area contributed by atoms with Gasteiger partial charge in [-0.05, 0) is 69.2 Å².